The van der Waals surface area contributed by atoms with Gasteiger partial charge in [-0.1, -0.05) is 6.07 Å². The first kappa shape index (κ1) is 14.0. The second-order valence-electron chi connectivity index (χ2n) is 7.66. The summed E-state index contributed by atoms with van der Waals surface area (Å²) in [7, 11) is 1.70. The van der Waals surface area contributed by atoms with Gasteiger partial charge in [-0.25, -0.2) is 0 Å². The fraction of sp³-hybridized carbons (Fsp3) is 0.500. The second-order valence-corrected chi connectivity index (χ2v) is 7.66. The first-order valence-corrected chi connectivity index (χ1v) is 9.40. The molecule has 0 amide bonds. The molecule has 2 heterocycles. The van der Waals surface area contributed by atoms with E-state index >= 15 is 0 Å². The number of anilines is 2. The molecule has 4 rings (SSSR count). The van der Waals surface area contributed by atoms with Crippen LogP contribution in [0.5, 0.6) is 0 Å². The van der Waals surface area contributed by atoms with Crippen LogP contribution in [-0.2, 0) is 20.0 Å². The number of rotatable bonds is 5. The smallest absolute Gasteiger partial charge is 0.250 e. The number of pyridine rings is 1. The predicted octanol–water partition coefficient (Wildman–Crippen LogP) is 3.70. The Morgan fingerprint density at radius 1 is 1.23 bits per heavy atom. The summed E-state index contributed by atoms with van der Waals surface area (Å²) in [5.74, 6) is 0.863. The fourth-order valence-electron chi connectivity index (χ4n) is 3.83. The fourth-order valence-corrected chi connectivity index (χ4v) is 3.83. The van der Waals surface area contributed by atoms with Crippen molar-refractivity contribution < 1.29 is 4.11 Å². The number of hydrogen-bond acceptors (Lipinski definition) is 3. The highest BCUT2D eigenvalue weighted by molar-refractivity contribution is 5.64. The van der Waals surface area contributed by atoms with Gasteiger partial charge in [0.25, 0.3) is 0 Å². The lowest BCUT2D eigenvalue weighted by Gasteiger charge is -2.33. The van der Waals surface area contributed by atoms with Crippen molar-refractivity contribution in [3.8, 4) is 0 Å². The maximum atomic E-state index is 11.9. The molecule has 1 aliphatic carbocycles. The summed E-state index contributed by atoms with van der Waals surface area (Å²) in [4.78, 5) is 16.3. The van der Waals surface area contributed by atoms with Crippen LogP contribution in [-0.4, -0.2) is 28.6 Å². The zero-order valence-electron chi connectivity index (χ0n) is 18.4. The van der Waals surface area contributed by atoms with Gasteiger partial charge in [-0.05, 0) is 68.3 Å². The number of fused-ring (bicyclic) bond motifs is 1. The molecule has 1 aromatic carbocycles. The quantitative estimate of drug-likeness (QED) is 0.820. The largest absolute Gasteiger partial charge is 0.338 e. The van der Waals surface area contributed by atoms with Crippen molar-refractivity contribution in [3.63, 3.8) is 0 Å². The number of aromatic nitrogens is 1. The van der Waals surface area contributed by atoms with Crippen LogP contribution in [0.3, 0.4) is 0 Å². The first-order chi connectivity index (χ1) is 14.0. The summed E-state index contributed by atoms with van der Waals surface area (Å²) < 4.78 is 25.4. The van der Waals surface area contributed by atoms with Crippen LogP contribution in [0.2, 0.25) is 0 Å². The van der Waals surface area contributed by atoms with E-state index in [0.29, 0.717) is 0 Å². The molecular weight excluding hydrogens is 322 g/mol. The minimum Gasteiger partial charge on any atom is -0.338 e. The van der Waals surface area contributed by atoms with Gasteiger partial charge in [-0.3, -0.25) is 9.69 Å². The van der Waals surface area contributed by atoms with Gasteiger partial charge >= 0.3 is 0 Å². The molecule has 1 fully saturated rings. The Bertz CT molecular complexity index is 926. The summed E-state index contributed by atoms with van der Waals surface area (Å²) in [6.45, 7) is 1.96. The lowest BCUT2D eigenvalue weighted by molar-refractivity contribution is 0.244. The highest BCUT2D eigenvalue weighted by Gasteiger charge is 2.26. The number of hydrogen-bond donors (Lipinski definition) is 0. The van der Waals surface area contributed by atoms with Crippen LogP contribution < -0.4 is 10.5 Å². The molecule has 0 bridgehead atoms. The van der Waals surface area contributed by atoms with Gasteiger partial charge in [0.05, 0.1) is 5.69 Å². The SMILES string of the molecule is [2H]CC(C([2H])[2H])N(c1ccc2c(c1)CN(CC1CC1)CC2)c1ccc(=O)n(C)c1. The standard InChI is InChI=1S/C22H29N3O/c1-16(2)25(21-8-9-22(26)23(3)15-21)20-7-6-18-10-11-24(13-17-4-5-17)14-19(18)12-20/h6-9,12,15-17H,4-5,10-11,13-14H2,1-3H3/i1D,2D2. The van der Waals surface area contributed by atoms with Crippen molar-refractivity contribution in [2.24, 2.45) is 13.0 Å². The molecule has 0 saturated heterocycles. The molecule has 1 atom stereocenters. The lowest BCUT2D eigenvalue weighted by Crippen LogP contribution is -2.33. The minimum absolute atomic E-state index is 0.0641. The van der Waals surface area contributed by atoms with E-state index in [4.69, 9.17) is 4.11 Å². The molecule has 1 saturated carbocycles. The van der Waals surface area contributed by atoms with E-state index in [9.17, 15) is 4.79 Å². The minimum atomic E-state index is -1.17. The van der Waals surface area contributed by atoms with E-state index in [-0.39, 0.29) is 12.5 Å². The van der Waals surface area contributed by atoms with Crippen LogP contribution in [0.25, 0.3) is 0 Å². The Morgan fingerprint density at radius 2 is 2.08 bits per heavy atom. The average molecular weight is 355 g/mol. The molecule has 0 spiro atoms. The average Bonchev–Trinajstić information content (AvgIpc) is 3.51. The van der Waals surface area contributed by atoms with Crippen LogP contribution in [0.4, 0.5) is 11.4 Å². The zero-order valence-corrected chi connectivity index (χ0v) is 15.4. The van der Waals surface area contributed by atoms with Crippen LogP contribution in [0.1, 0.15) is 41.9 Å². The second kappa shape index (κ2) is 6.92. The highest BCUT2D eigenvalue weighted by atomic mass is 16.1. The normalized spacial score (nSPS) is 20.2. The van der Waals surface area contributed by atoms with E-state index in [1.165, 1.54) is 41.1 Å². The third-order valence-corrected chi connectivity index (χ3v) is 5.45. The van der Waals surface area contributed by atoms with Crippen molar-refractivity contribution >= 4 is 11.4 Å². The van der Waals surface area contributed by atoms with Gasteiger partial charge in [0.2, 0.25) is 5.56 Å². The van der Waals surface area contributed by atoms with E-state index in [0.717, 1.165) is 36.8 Å². The molecule has 4 heteroatoms. The number of nitrogens with zero attached hydrogens (tertiary/aromatic N) is 3. The maximum Gasteiger partial charge on any atom is 0.250 e. The van der Waals surface area contributed by atoms with Crippen molar-refractivity contribution in [1.82, 2.24) is 9.47 Å². The van der Waals surface area contributed by atoms with E-state index in [2.05, 4.69) is 17.0 Å². The summed E-state index contributed by atoms with van der Waals surface area (Å²) in [6.07, 6.45) is 5.47. The van der Waals surface area contributed by atoms with E-state index in [1.54, 1.807) is 19.3 Å². The number of aryl methyl sites for hydroxylation is 1. The molecule has 0 radical (unpaired) electrons. The van der Waals surface area contributed by atoms with Gasteiger partial charge in [-0.15, -0.1) is 0 Å². The van der Waals surface area contributed by atoms with Crippen LogP contribution in [0, 0.1) is 5.92 Å². The van der Waals surface area contributed by atoms with Gasteiger partial charge in [-0.2, -0.15) is 0 Å². The summed E-state index contributed by atoms with van der Waals surface area (Å²) in [6, 6.07) is 8.96. The van der Waals surface area contributed by atoms with Gasteiger partial charge in [0, 0.05) is 54.8 Å². The third-order valence-electron chi connectivity index (χ3n) is 5.45. The summed E-state index contributed by atoms with van der Waals surface area (Å²) in [5, 5.41) is 0. The van der Waals surface area contributed by atoms with Gasteiger partial charge < -0.3 is 9.47 Å². The molecule has 1 aliphatic heterocycles. The molecule has 26 heavy (non-hydrogen) atoms. The lowest BCUT2D eigenvalue weighted by atomic mass is 9.98. The van der Waals surface area contributed by atoms with Gasteiger partial charge in [0.15, 0.2) is 0 Å². The Labute approximate surface area is 160 Å². The Hall–Kier alpha value is -2.07. The molecule has 4 nitrogen and oxygen atoms in total. The third kappa shape index (κ3) is 3.56. The molecule has 0 N–H and O–H groups in total. The van der Waals surface area contributed by atoms with Crippen molar-refractivity contribution in [2.45, 2.75) is 45.6 Å². The summed E-state index contributed by atoms with van der Waals surface area (Å²) >= 11 is 0. The first-order valence-electron chi connectivity index (χ1n) is 11.3. The maximum absolute atomic E-state index is 11.9. The van der Waals surface area contributed by atoms with E-state index < -0.39 is 12.9 Å². The molecule has 1 aromatic heterocycles. The molecule has 2 aromatic rings. The molecule has 138 valence electrons. The Kier molecular flexibility index (Phi) is 3.74. The monoisotopic (exact) mass is 354 g/mol. The van der Waals surface area contributed by atoms with Crippen LogP contribution in [0.15, 0.2) is 41.3 Å². The topological polar surface area (TPSA) is 28.5 Å². The Morgan fingerprint density at radius 3 is 2.81 bits per heavy atom. The van der Waals surface area contributed by atoms with E-state index in [1.807, 2.05) is 11.0 Å². The molecule has 2 aliphatic rings. The zero-order chi connectivity index (χ0) is 20.5. The highest BCUT2D eigenvalue weighted by Crippen LogP contribution is 2.34. The van der Waals surface area contributed by atoms with Crippen LogP contribution >= 0.6 is 0 Å². The predicted molar refractivity (Wildman–Crippen MR) is 107 cm³/mol. The Balaban J connectivity index is 1.70. The van der Waals surface area contributed by atoms with Crippen molar-refractivity contribution in [2.75, 3.05) is 18.0 Å². The molecular formula is C22H29N3O. The van der Waals surface area contributed by atoms with Gasteiger partial charge in [0.1, 0.15) is 0 Å². The summed E-state index contributed by atoms with van der Waals surface area (Å²) in [5.41, 5.74) is 4.17. The number of benzene rings is 1. The van der Waals surface area contributed by atoms with Crippen molar-refractivity contribution in [3.05, 3.63) is 58.0 Å². The molecule has 1 unspecified atom stereocenters. The van der Waals surface area contributed by atoms with Crippen molar-refractivity contribution in [1.29, 1.82) is 0 Å².